The topological polar surface area (TPSA) is 62.3 Å². The van der Waals surface area contributed by atoms with E-state index < -0.39 is 0 Å². The van der Waals surface area contributed by atoms with Crippen LogP contribution in [-0.4, -0.2) is 34.8 Å². The molecular weight excluding hydrogens is 326 g/mol. The summed E-state index contributed by atoms with van der Waals surface area (Å²) in [4.78, 5) is 31.1. The number of carbonyl (C=O) groups is 2. The van der Waals surface area contributed by atoms with Crippen LogP contribution >= 0.6 is 0 Å². The van der Waals surface area contributed by atoms with Crippen LogP contribution in [-0.2, 0) is 6.54 Å². The smallest absolute Gasteiger partial charge is 0.272 e. The summed E-state index contributed by atoms with van der Waals surface area (Å²) in [6.45, 7) is 7.93. The molecule has 0 saturated carbocycles. The number of nitrogens with zero attached hydrogens (tertiary/aromatic N) is 2. The van der Waals surface area contributed by atoms with Gasteiger partial charge in [-0.05, 0) is 43.0 Å². The average molecular weight is 353 g/mol. The van der Waals surface area contributed by atoms with Crippen molar-refractivity contribution in [1.29, 1.82) is 0 Å². The maximum Gasteiger partial charge on any atom is 0.272 e. The van der Waals surface area contributed by atoms with Gasteiger partial charge in [0.15, 0.2) is 0 Å². The quantitative estimate of drug-likeness (QED) is 0.789. The van der Waals surface area contributed by atoms with Crippen LogP contribution in [0.15, 0.2) is 42.6 Å². The SMILES string of the molecule is CCCN(CCC)C(=O)c1cc(C(=O)NCc2ccccc2C)ccn1. The fraction of sp³-hybridized carbons (Fsp3) is 0.381. The first-order valence-corrected chi connectivity index (χ1v) is 9.14. The minimum Gasteiger partial charge on any atom is -0.348 e. The minimum atomic E-state index is -0.206. The van der Waals surface area contributed by atoms with Crippen LogP contribution in [0, 0.1) is 6.92 Å². The summed E-state index contributed by atoms with van der Waals surface area (Å²) in [5, 5.41) is 2.91. The van der Waals surface area contributed by atoms with Gasteiger partial charge < -0.3 is 10.2 Å². The van der Waals surface area contributed by atoms with E-state index in [1.165, 1.54) is 6.20 Å². The molecule has 1 aromatic heterocycles. The molecule has 0 aliphatic heterocycles. The van der Waals surface area contributed by atoms with Gasteiger partial charge in [-0.3, -0.25) is 14.6 Å². The Hall–Kier alpha value is -2.69. The van der Waals surface area contributed by atoms with E-state index in [2.05, 4.69) is 10.3 Å². The molecule has 0 fully saturated rings. The highest BCUT2D eigenvalue weighted by molar-refractivity contribution is 5.98. The summed E-state index contributed by atoms with van der Waals surface area (Å²) >= 11 is 0. The van der Waals surface area contributed by atoms with E-state index in [1.807, 2.05) is 45.0 Å². The first kappa shape index (κ1) is 19.6. The second-order valence-electron chi connectivity index (χ2n) is 6.33. The molecule has 138 valence electrons. The van der Waals surface area contributed by atoms with Gasteiger partial charge in [-0.15, -0.1) is 0 Å². The number of pyridine rings is 1. The Morgan fingerprint density at radius 3 is 2.42 bits per heavy atom. The van der Waals surface area contributed by atoms with E-state index in [-0.39, 0.29) is 11.8 Å². The molecule has 26 heavy (non-hydrogen) atoms. The molecule has 0 saturated heterocycles. The number of rotatable bonds is 8. The highest BCUT2D eigenvalue weighted by atomic mass is 16.2. The summed E-state index contributed by atoms with van der Waals surface area (Å²) in [6.07, 6.45) is 3.30. The van der Waals surface area contributed by atoms with Crippen molar-refractivity contribution in [2.24, 2.45) is 0 Å². The number of aromatic nitrogens is 1. The van der Waals surface area contributed by atoms with Crippen LogP contribution in [0.2, 0.25) is 0 Å². The van der Waals surface area contributed by atoms with Gasteiger partial charge >= 0.3 is 0 Å². The molecule has 0 atom stereocenters. The highest BCUT2D eigenvalue weighted by Gasteiger charge is 2.17. The summed E-state index contributed by atoms with van der Waals surface area (Å²) in [7, 11) is 0. The Labute approximate surface area is 155 Å². The monoisotopic (exact) mass is 353 g/mol. The van der Waals surface area contributed by atoms with Crippen LogP contribution in [0.3, 0.4) is 0 Å². The van der Waals surface area contributed by atoms with E-state index in [0.717, 1.165) is 24.0 Å². The van der Waals surface area contributed by atoms with Crippen LogP contribution in [0.1, 0.15) is 58.7 Å². The van der Waals surface area contributed by atoms with Gasteiger partial charge in [0.1, 0.15) is 5.69 Å². The second-order valence-corrected chi connectivity index (χ2v) is 6.33. The molecule has 0 aliphatic carbocycles. The molecule has 2 amide bonds. The van der Waals surface area contributed by atoms with Crippen LogP contribution < -0.4 is 5.32 Å². The third-order valence-corrected chi connectivity index (χ3v) is 4.22. The second kappa shape index (κ2) is 9.70. The molecular formula is C21H27N3O2. The Morgan fingerprint density at radius 1 is 1.08 bits per heavy atom. The molecule has 0 aliphatic rings. The third-order valence-electron chi connectivity index (χ3n) is 4.22. The fourth-order valence-electron chi connectivity index (χ4n) is 2.79. The van der Waals surface area contributed by atoms with E-state index in [4.69, 9.17) is 0 Å². The van der Waals surface area contributed by atoms with Gasteiger partial charge in [0.2, 0.25) is 0 Å². The van der Waals surface area contributed by atoms with E-state index in [0.29, 0.717) is 30.9 Å². The predicted molar refractivity (Wildman–Crippen MR) is 103 cm³/mol. The number of carbonyl (C=O) groups excluding carboxylic acids is 2. The van der Waals surface area contributed by atoms with Crippen molar-refractivity contribution >= 4 is 11.8 Å². The summed E-state index contributed by atoms with van der Waals surface area (Å²) < 4.78 is 0. The summed E-state index contributed by atoms with van der Waals surface area (Å²) in [6, 6.07) is 11.1. The van der Waals surface area contributed by atoms with Crippen LogP contribution in [0.5, 0.6) is 0 Å². The Bertz CT molecular complexity index is 752. The molecule has 0 bridgehead atoms. The lowest BCUT2D eigenvalue weighted by atomic mass is 10.1. The fourth-order valence-corrected chi connectivity index (χ4v) is 2.79. The van der Waals surface area contributed by atoms with Crippen molar-refractivity contribution < 1.29 is 9.59 Å². The van der Waals surface area contributed by atoms with Crippen LogP contribution in [0.25, 0.3) is 0 Å². The Morgan fingerprint density at radius 2 is 1.77 bits per heavy atom. The molecule has 1 aromatic carbocycles. The molecule has 1 N–H and O–H groups in total. The zero-order valence-electron chi connectivity index (χ0n) is 15.8. The largest absolute Gasteiger partial charge is 0.348 e. The van der Waals surface area contributed by atoms with Gasteiger partial charge in [-0.25, -0.2) is 0 Å². The standard InChI is InChI=1S/C21H27N3O2/c1-4-12-24(13-5-2)21(26)19-14-17(10-11-22-19)20(25)23-15-18-9-7-6-8-16(18)3/h6-11,14H,4-5,12-13,15H2,1-3H3,(H,23,25). The van der Waals surface area contributed by atoms with E-state index in [9.17, 15) is 9.59 Å². The normalized spacial score (nSPS) is 10.4. The van der Waals surface area contributed by atoms with Crippen LogP contribution in [0.4, 0.5) is 0 Å². The lowest BCUT2D eigenvalue weighted by Gasteiger charge is -2.21. The number of aryl methyl sites for hydroxylation is 1. The predicted octanol–water partition coefficient (Wildman–Crippen LogP) is 3.58. The highest BCUT2D eigenvalue weighted by Crippen LogP contribution is 2.09. The van der Waals surface area contributed by atoms with Gasteiger partial charge in [-0.2, -0.15) is 0 Å². The molecule has 1 heterocycles. The molecule has 2 rings (SSSR count). The van der Waals surface area contributed by atoms with Crippen molar-refractivity contribution in [1.82, 2.24) is 15.2 Å². The minimum absolute atomic E-state index is 0.123. The van der Waals surface area contributed by atoms with E-state index in [1.54, 1.807) is 17.0 Å². The maximum absolute atomic E-state index is 12.7. The molecule has 2 aromatic rings. The number of benzene rings is 1. The lowest BCUT2D eigenvalue weighted by molar-refractivity contribution is 0.0749. The molecule has 5 heteroatoms. The van der Waals surface area contributed by atoms with Gasteiger partial charge in [0.05, 0.1) is 0 Å². The zero-order chi connectivity index (χ0) is 18.9. The molecule has 0 radical (unpaired) electrons. The zero-order valence-corrected chi connectivity index (χ0v) is 15.8. The van der Waals surface area contributed by atoms with Crippen molar-refractivity contribution in [2.75, 3.05) is 13.1 Å². The van der Waals surface area contributed by atoms with Crippen molar-refractivity contribution in [3.8, 4) is 0 Å². The molecule has 5 nitrogen and oxygen atoms in total. The number of amides is 2. The third kappa shape index (κ3) is 5.15. The summed E-state index contributed by atoms with van der Waals surface area (Å²) in [5.41, 5.74) is 2.97. The van der Waals surface area contributed by atoms with Crippen molar-refractivity contribution in [3.05, 3.63) is 65.0 Å². The number of hydrogen-bond donors (Lipinski definition) is 1. The first-order chi connectivity index (χ1) is 12.6. The van der Waals surface area contributed by atoms with Gasteiger partial charge in [0.25, 0.3) is 11.8 Å². The van der Waals surface area contributed by atoms with Crippen molar-refractivity contribution in [3.63, 3.8) is 0 Å². The lowest BCUT2D eigenvalue weighted by Crippen LogP contribution is -2.33. The van der Waals surface area contributed by atoms with Crippen molar-refractivity contribution in [2.45, 2.75) is 40.2 Å². The number of nitrogens with one attached hydrogen (secondary N) is 1. The number of hydrogen-bond acceptors (Lipinski definition) is 3. The Kier molecular flexibility index (Phi) is 7.33. The summed E-state index contributed by atoms with van der Waals surface area (Å²) in [5.74, 6) is -0.329. The first-order valence-electron chi connectivity index (χ1n) is 9.14. The molecule has 0 unspecified atom stereocenters. The Balaban J connectivity index is 2.08. The molecule has 0 spiro atoms. The maximum atomic E-state index is 12.7. The average Bonchev–Trinajstić information content (AvgIpc) is 2.66. The van der Waals surface area contributed by atoms with E-state index >= 15 is 0 Å². The van der Waals surface area contributed by atoms with Gasteiger partial charge in [0, 0.05) is 31.4 Å². The van der Waals surface area contributed by atoms with Gasteiger partial charge in [-0.1, -0.05) is 38.1 Å².